The first-order chi connectivity index (χ1) is 13.3. The summed E-state index contributed by atoms with van der Waals surface area (Å²) in [6, 6.07) is 24.9. The molecule has 0 bridgehead atoms. The Morgan fingerprint density at radius 1 is 0.815 bits per heavy atom. The van der Waals surface area contributed by atoms with Crippen molar-refractivity contribution in [3.63, 3.8) is 0 Å². The van der Waals surface area contributed by atoms with Gasteiger partial charge in [0.1, 0.15) is 18.1 Å². The van der Waals surface area contributed by atoms with Crippen LogP contribution >= 0.6 is 0 Å². The lowest BCUT2D eigenvalue weighted by Crippen LogP contribution is -2.23. The summed E-state index contributed by atoms with van der Waals surface area (Å²) in [6.07, 6.45) is 0. The summed E-state index contributed by atoms with van der Waals surface area (Å²) in [5.74, 6) is 1.18. The molecule has 1 amide bonds. The maximum absolute atomic E-state index is 12.7. The van der Waals surface area contributed by atoms with Gasteiger partial charge in [0.25, 0.3) is 5.91 Å². The van der Waals surface area contributed by atoms with Crippen LogP contribution in [-0.4, -0.2) is 12.5 Å². The van der Waals surface area contributed by atoms with Gasteiger partial charge in [-0.15, -0.1) is 0 Å². The maximum Gasteiger partial charge on any atom is 0.255 e. The minimum absolute atomic E-state index is 0.176. The molecule has 3 rings (SSSR count). The van der Waals surface area contributed by atoms with Crippen LogP contribution in [0.5, 0.6) is 11.5 Å². The zero-order valence-corrected chi connectivity index (χ0v) is 15.4. The molecule has 0 spiro atoms. The van der Waals surface area contributed by atoms with E-state index >= 15 is 0 Å². The number of amides is 1. The number of benzene rings is 3. The first kappa shape index (κ1) is 18.5. The monoisotopic (exact) mass is 361 g/mol. The minimum atomic E-state index is -0.176. The molecule has 0 aliphatic carbocycles. The number of hydrogen-bond donors (Lipinski definition) is 1. The van der Waals surface area contributed by atoms with Gasteiger partial charge >= 0.3 is 0 Å². The fraction of sp³-hybridized carbons (Fsp3) is 0.174. The number of hydrogen-bond acceptors (Lipinski definition) is 3. The molecule has 3 aromatic rings. The van der Waals surface area contributed by atoms with Crippen LogP contribution in [0, 0.1) is 0 Å². The molecule has 4 nitrogen and oxygen atoms in total. The zero-order chi connectivity index (χ0) is 18.9. The molecule has 0 unspecified atom stereocenters. The molecule has 0 aliphatic heterocycles. The largest absolute Gasteiger partial charge is 0.494 e. The third kappa shape index (κ3) is 5.11. The van der Waals surface area contributed by atoms with Gasteiger partial charge in [-0.05, 0) is 30.7 Å². The molecule has 0 saturated heterocycles. The van der Waals surface area contributed by atoms with Crippen molar-refractivity contribution in [2.45, 2.75) is 20.1 Å². The molecular formula is C23H23NO3. The van der Waals surface area contributed by atoms with E-state index in [4.69, 9.17) is 9.47 Å². The van der Waals surface area contributed by atoms with Crippen molar-refractivity contribution in [1.82, 2.24) is 5.32 Å². The average Bonchev–Trinajstić information content (AvgIpc) is 2.72. The number of nitrogens with one attached hydrogen (secondary N) is 1. The Bertz CT molecular complexity index is 878. The van der Waals surface area contributed by atoms with Crippen LogP contribution < -0.4 is 14.8 Å². The van der Waals surface area contributed by atoms with E-state index in [9.17, 15) is 4.79 Å². The number of ether oxygens (including phenoxy) is 2. The van der Waals surface area contributed by atoms with Gasteiger partial charge in [0, 0.05) is 12.1 Å². The van der Waals surface area contributed by atoms with Gasteiger partial charge in [0.2, 0.25) is 0 Å². The van der Waals surface area contributed by atoms with E-state index in [2.05, 4.69) is 5.32 Å². The molecule has 1 N–H and O–H groups in total. The first-order valence-corrected chi connectivity index (χ1v) is 9.02. The standard InChI is InChI=1S/C23H23NO3/c1-2-26-21-14-8-6-12-19(21)16-24-23(25)20-13-7-9-15-22(20)27-17-18-10-4-3-5-11-18/h3-15H,2,16-17H2,1H3,(H,24,25). The Morgan fingerprint density at radius 3 is 2.26 bits per heavy atom. The first-order valence-electron chi connectivity index (χ1n) is 9.02. The Balaban J connectivity index is 1.67. The molecule has 0 fully saturated rings. The molecule has 0 radical (unpaired) electrons. The van der Waals surface area contributed by atoms with E-state index in [1.165, 1.54) is 0 Å². The lowest BCUT2D eigenvalue weighted by molar-refractivity contribution is 0.0946. The second-order valence-electron chi connectivity index (χ2n) is 5.99. The quantitative estimate of drug-likeness (QED) is 0.638. The van der Waals surface area contributed by atoms with Crippen LogP contribution in [0.3, 0.4) is 0 Å². The normalized spacial score (nSPS) is 10.3. The molecular weight excluding hydrogens is 338 g/mol. The molecule has 0 aromatic heterocycles. The van der Waals surface area contributed by atoms with Gasteiger partial charge < -0.3 is 14.8 Å². The summed E-state index contributed by atoms with van der Waals surface area (Å²) in [7, 11) is 0. The van der Waals surface area contributed by atoms with Crippen molar-refractivity contribution in [3.05, 3.63) is 95.6 Å². The van der Waals surface area contributed by atoms with Crippen LogP contribution in [0.15, 0.2) is 78.9 Å². The van der Waals surface area contributed by atoms with Crippen molar-refractivity contribution in [2.24, 2.45) is 0 Å². The summed E-state index contributed by atoms with van der Waals surface area (Å²) in [6.45, 7) is 3.33. The van der Waals surface area contributed by atoms with Gasteiger partial charge in [-0.1, -0.05) is 60.7 Å². The highest BCUT2D eigenvalue weighted by molar-refractivity contribution is 5.96. The van der Waals surface area contributed by atoms with Crippen LogP contribution in [-0.2, 0) is 13.2 Å². The highest BCUT2D eigenvalue weighted by Crippen LogP contribution is 2.21. The predicted molar refractivity (Wildman–Crippen MR) is 106 cm³/mol. The summed E-state index contributed by atoms with van der Waals surface area (Å²) >= 11 is 0. The van der Waals surface area contributed by atoms with E-state index in [-0.39, 0.29) is 5.91 Å². The van der Waals surface area contributed by atoms with Crippen molar-refractivity contribution in [3.8, 4) is 11.5 Å². The van der Waals surface area contributed by atoms with Crippen molar-refractivity contribution in [2.75, 3.05) is 6.61 Å². The maximum atomic E-state index is 12.7. The molecule has 0 saturated carbocycles. The Kier molecular flexibility index (Phi) is 6.47. The van der Waals surface area contributed by atoms with Crippen molar-refractivity contribution in [1.29, 1.82) is 0 Å². The Morgan fingerprint density at radius 2 is 1.48 bits per heavy atom. The Hall–Kier alpha value is -3.27. The summed E-state index contributed by atoms with van der Waals surface area (Å²) in [5.41, 5.74) is 2.51. The Labute approximate surface area is 159 Å². The summed E-state index contributed by atoms with van der Waals surface area (Å²) in [5, 5.41) is 2.95. The number of para-hydroxylation sites is 2. The lowest BCUT2D eigenvalue weighted by Gasteiger charge is -2.13. The summed E-state index contributed by atoms with van der Waals surface area (Å²) in [4.78, 5) is 12.7. The van der Waals surface area contributed by atoms with Gasteiger partial charge in [0.15, 0.2) is 0 Å². The van der Waals surface area contributed by atoms with Gasteiger partial charge in [0.05, 0.1) is 12.2 Å². The van der Waals surface area contributed by atoms with Gasteiger partial charge in [-0.25, -0.2) is 0 Å². The van der Waals surface area contributed by atoms with Crippen LogP contribution in [0.25, 0.3) is 0 Å². The average molecular weight is 361 g/mol. The minimum Gasteiger partial charge on any atom is -0.494 e. The topological polar surface area (TPSA) is 47.6 Å². The third-order valence-corrected chi connectivity index (χ3v) is 4.08. The molecule has 3 aromatic carbocycles. The van der Waals surface area contributed by atoms with Crippen LogP contribution in [0.2, 0.25) is 0 Å². The number of carbonyl (C=O) groups is 1. The van der Waals surface area contributed by atoms with Gasteiger partial charge in [-0.2, -0.15) is 0 Å². The molecule has 0 heterocycles. The third-order valence-electron chi connectivity index (χ3n) is 4.08. The number of carbonyl (C=O) groups excluding carboxylic acids is 1. The van der Waals surface area contributed by atoms with E-state index in [1.54, 1.807) is 6.07 Å². The van der Waals surface area contributed by atoms with Crippen LogP contribution in [0.4, 0.5) is 0 Å². The fourth-order valence-electron chi connectivity index (χ4n) is 2.73. The second-order valence-corrected chi connectivity index (χ2v) is 5.99. The molecule has 138 valence electrons. The van der Waals surface area contributed by atoms with Crippen molar-refractivity contribution < 1.29 is 14.3 Å². The van der Waals surface area contributed by atoms with E-state index in [1.807, 2.05) is 79.7 Å². The van der Waals surface area contributed by atoms with E-state index < -0.39 is 0 Å². The highest BCUT2D eigenvalue weighted by Gasteiger charge is 2.13. The SMILES string of the molecule is CCOc1ccccc1CNC(=O)c1ccccc1OCc1ccccc1. The van der Waals surface area contributed by atoms with Crippen molar-refractivity contribution >= 4 is 5.91 Å². The summed E-state index contributed by atoms with van der Waals surface area (Å²) < 4.78 is 11.5. The number of rotatable bonds is 8. The van der Waals surface area contributed by atoms with E-state index in [0.717, 1.165) is 16.9 Å². The van der Waals surface area contributed by atoms with Crippen LogP contribution in [0.1, 0.15) is 28.4 Å². The smallest absolute Gasteiger partial charge is 0.255 e. The molecule has 27 heavy (non-hydrogen) atoms. The van der Waals surface area contributed by atoms with E-state index in [0.29, 0.717) is 31.1 Å². The molecule has 0 atom stereocenters. The zero-order valence-electron chi connectivity index (χ0n) is 15.4. The highest BCUT2D eigenvalue weighted by atomic mass is 16.5. The lowest BCUT2D eigenvalue weighted by atomic mass is 10.1. The fourth-order valence-corrected chi connectivity index (χ4v) is 2.73. The molecule has 4 heteroatoms. The molecule has 0 aliphatic rings. The predicted octanol–water partition coefficient (Wildman–Crippen LogP) is 4.59. The second kappa shape index (κ2) is 9.43. The van der Waals surface area contributed by atoms with Gasteiger partial charge in [-0.3, -0.25) is 4.79 Å².